The van der Waals surface area contributed by atoms with Crippen molar-refractivity contribution in [1.82, 2.24) is 19.9 Å². The maximum absolute atomic E-state index is 12.7. The van der Waals surface area contributed by atoms with Crippen molar-refractivity contribution < 1.29 is 9.53 Å². The van der Waals surface area contributed by atoms with Crippen LogP contribution in [-0.2, 0) is 6.42 Å². The van der Waals surface area contributed by atoms with Gasteiger partial charge in [-0.05, 0) is 23.8 Å². The number of amides is 1. The third-order valence-electron chi connectivity index (χ3n) is 4.40. The van der Waals surface area contributed by atoms with Gasteiger partial charge in [0.25, 0.3) is 5.91 Å². The SMILES string of the molecule is CN(CC1Cc2ccccc2O1)C(=O)c1ccc(-c2cncnc2)nc1. The highest BCUT2D eigenvalue weighted by Crippen LogP contribution is 2.28. The fourth-order valence-electron chi connectivity index (χ4n) is 3.09. The summed E-state index contributed by atoms with van der Waals surface area (Å²) >= 11 is 0. The fourth-order valence-corrected chi connectivity index (χ4v) is 3.09. The van der Waals surface area contributed by atoms with E-state index in [4.69, 9.17) is 4.74 Å². The highest BCUT2D eigenvalue weighted by Gasteiger charge is 2.25. The molecule has 0 radical (unpaired) electrons. The van der Waals surface area contributed by atoms with Crippen molar-refractivity contribution in [2.75, 3.05) is 13.6 Å². The molecule has 6 heteroatoms. The summed E-state index contributed by atoms with van der Waals surface area (Å²) in [6.07, 6.45) is 7.25. The molecule has 130 valence electrons. The van der Waals surface area contributed by atoms with E-state index in [0.717, 1.165) is 23.4 Å². The van der Waals surface area contributed by atoms with Gasteiger partial charge in [-0.3, -0.25) is 9.78 Å². The van der Waals surface area contributed by atoms with Gasteiger partial charge in [-0.2, -0.15) is 0 Å². The quantitative estimate of drug-likeness (QED) is 0.726. The number of fused-ring (bicyclic) bond motifs is 1. The minimum atomic E-state index is -0.0760. The molecular formula is C20H18N4O2. The van der Waals surface area contributed by atoms with Gasteiger partial charge in [0, 0.05) is 37.6 Å². The maximum Gasteiger partial charge on any atom is 0.255 e. The lowest BCUT2D eigenvalue weighted by atomic mass is 10.1. The van der Waals surface area contributed by atoms with Crippen molar-refractivity contribution in [3.05, 3.63) is 72.4 Å². The Labute approximate surface area is 151 Å². The van der Waals surface area contributed by atoms with Crippen molar-refractivity contribution in [2.45, 2.75) is 12.5 Å². The van der Waals surface area contributed by atoms with E-state index in [9.17, 15) is 4.79 Å². The minimum Gasteiger partial charge on any atom is -0.488 e. The van der Waals surface area contributed by atoms with Gasteiger partial charge < -0.3 is 9.64 Å². The Bertz CT molecular complexity index is 888. The number of rotatable bonds is 4. The Balaban J connectivity index is 1.41. The molecule has 0 saturated heterocycles. The van der Waals surface area contributed by atoms with Gasteiger partial charge in [0.2, 0.25) is 0 Å². The van der Waals surface area contributed by atoms with Crippen LogP contribution in [0.5, 0.6) is 5.75 Å². The summed E-state index contributed by atoms with van der Waals surface area (Å²) in [6, 6.07) is 11.6. The number of carbonyl (C=O) groups excluding carboxylic acids is 1. The molecule has 1 aromatic carbocycles. The molecule has 4 rings (SSSR count). The number of aromatic nitrogens is 3. The molecule has 0 spiro atoms. The zero-order valence-electron chi connectivity index (χ0n) is 14.4. The first-order chi connectivity index (χ1) is 12.7. The van der Waals surface area contributed by atoms with Gasteiger partial charge in [0.05, 0.1) is 17.8 Å². The lowest BCUT2D eigenvalue weighted by molar-refractivity contribution is 0.0730. The van der Waals surface area contributed by atoms with Crippen LogP contribution < -0.4 is 4.74 Å². The smallest absolute Gasteiger partial charge is 0.255 e. The van der Waals surface area contributed by atoms with Crippen LogP contribution in [0.25, 0.3) is 11.3 Å². The summed E-state index contributed by atoms with van der Waals surface area (Å²) in [5.41, 5.74) is 3.29. The normalized spacial score (nSPS) is 15.2. The summed E-state index contributed by atoms with van der Waals surface area (Å²) < 4.78 is 5.92. The van der Waals surface area contributed by atoms with Gasteiger partial charge in [0.15, 0.2) is 0 Å². The lowest BCUT2D eigenvalue weighted by Crippen LogP contribution is -2.36. The van der Waals surface area contributed by atoms with E-state index in [-0.39, 0.29) is 12.0 Å². The van der Waals surface area contributed by atoms with Crippen LogP contribution in [0.3, 0.4) is 0 Å². The predicted molar refractivity (Wildman–Crippen MR) is 96.8 cm³/mol. The summed E-state index contributed by atoms with van der Waals surface area (Å²) in [5, 5.41) is 0. The molecule has 0 fully saturated rings. The van der Waals surface area contributed by atoms with Gasteiger partial charge in [-0.15, -0.1) is 0 Å². The van der Waals surface area contributed by atoms with E-state index >= 15 is 0 Å². The van der Waals surface area contributed by atoms with Crippen LogP contribution in [0.4, 0.5) is 0 Å². The van der Waals surface area contributed by atoms with Gasteiger partial charge in [-0.1, -0.05) is 18.2 Å². The Morgan fingerprint density at radius 3 is 2.69 bits per heavy atom. The van der Waals surface area contributed by atoms with Crippen molar-refractivity contribution in [3.8, 4) is 17.0 Å². The van der Waals surface area contributed by atoms with Gasteiger partial charge >= 0.3 is 0 Å². The molecule has 3 aromatic rings. The molecular weight excluding hydrogens is 328 g/mol. The molecule has 3 heterocycles. The first-order valence-electron chi connectivity index (χ1n) is 8.42. The van der Waals surface area contributed by atoms with E-state index in [2.05, 4.69) is 21.0 Å². The predicted octanol–water partition coefficient (Wildman–Crippen LogP) is 2.61. The van der Waals surface area contributed by atoms with Crippen molar-refractivity contribution in [2.24, 2.45) is 0 Å². The molecule has 0 N–H and O–H groups in total. The van der Waals surface area contributed by atoms with Crippen LogP contribution >= 0.6 is 0 Å². The number of ether oxygens (including phenoxy) is 1. The molecule has 1 amide bonds. The Kier molecular flexibility index (Phi) is 4.31. The topological polar surface area (TPSA) is 68.2 Å². The Morgan fingerprint density at radius 1 is 1.15 bits per heavy atom. The van der Waals surface area contributed by atoms with Gasteiger partial charge in [0.1, 0.15) is 18.2 Å². The molecule has 2 aromatic heterocycles. The zero-order valence-corrected chi connectivity index (χ0v) is 14.4. The summed E-state index contributed by atoms with van der Waals surface area (Å²) in [6.45, 7) is 0.530. The van der Waals surface area contributed by atoms with Crippen LogP contribution in [0.1, 0.15) is 15.9 Å². The van der Waals surface area contributed by atoms with E-state index < -0.39 is 0 Å². The van der Waals surface area contributed by atoms with E-state index in [1.54, 1.807) is 36.6 Å². The molecule has 26 heavy (non-hydrogen) atoms. The highest BCUT2D eigenvalue weighted by atomic mass is 16.5. The Morgan fingerprint density at radius 2 is 1.96 bits per heavy atom. The number of benzene rings is 1. The molecule has 0 saturated carbocycles. The van der Waals surface area contributed by atoms with Crippen molar-refractivity contribution >= 4 is 5.91 Å². The Hall–Kier alpha value is -3.28. The highest BCUT2D eigenvalue weighted by molar-refractivity contribution is 5.94. The number of likely N-dealkylation sites (N-methyl/N-ethyl adjacent to an activating group) is 1. The summed E-state index contributed by atoms with van der Waals surface area (Å²) in [7, 11) is 1.79. The third-order valence-corrected chi connectivity index (χ3v) is 4.40. The van der Waals surface area contributed by atoms with Crippen molar-refractivity contribution in [1.29, 1.82) is 0 Å². The monoisotopic (exact) mass is 346 g/mol. The minimum absolute atomic E-state index is 0.0185. The van der Waals surface area contributed by atoms with Crippen LogP contribution in [0.2, 0.25) is 0 Å². The third kappa shape index (κ3) is 3.26. The fraction of sp³-hybridized carbons (Fsp3) is 0.200. The molecule has 6 nitrogen and oxygen atoms in total. The number of pyridine rings is 1. The second kappa shape index (κ2) is 6.92. The number of nitrogens with zero attached hydrogens (tertiary/aromatic N) is 4. The van der Waals surface area contributed by atoms with Crippen molar-refractivity contribution in [3.63, 3.8) is 0 Å². The first kappa shape index (κ1) is 16.2. The number of para-hydroxylation sites is 1. The molecule has 1 aliphatic rings. The average Bonchev–Trinajstić information content (AvgIpc) is 3.10. The molecule has 0 aliphatic carbocycles. The molecule has 1 atom stereocenters. The number of hydrogen-bond acceptors (Lipinski definition) is 5. The van der Waals surface area contributed by atoms with E-state index in [1.807, 2.05) is 24.3 Å². The second-order valence-corrected chi connectivity index (χ2v) is 6.30. The van der Waals surface area contributed by atoms with E-state index in [0.29, 0.717) is 12.1 Å². The standard InChI is InChI=1S/C20H18N4O2/c1-24(12-17-8-14-4-2-3-5-19(14)26-17)20(25)15-6-7-18(23-11-15)16-9-21-13-22-10-16/h2-7,9-11,13,17H,8,12H2,1H3. The lowest BCUT2D eigenvalue weighted by Gasteiger charge is -2.21. The second-order valence-electron chi connectivity index (χ2n) is 6.30. The first-order valence-corrected chi connectivity index (χ1v) is 8.42. The maximum atomic E-state index is 12.7. The molecule has 0 bridgehead atoms. The molecule has 1 unspecified atom stereocenters. The zero-order chi connectivity index (χ0) is 17.9. The molecule has 1 aliphatic heterocycles. The van der Waals surface area contributed by atoms with Crippen LogP contribution in [-0.4, -0.2) is 45.5 Å². The van der Waals surface area contributed by atoms with Crippen LogP contribution in [0, 0.1) is 0 Å². The number of hydrogen-bond donors (Lipinski definition) is 0. The van der Waals surface area contributed by atoms with Gasteiger partial charge in [-0.25, -0.2) is 9.97 Å². The largest absolute Gasteiger partial charge is 0.488 e. The average molecular weight is 346 g/mol. The van der Waals surface area contributed by atoms with Crippen LogP contribution in [0.15, 0.2) is 61.3 Å². The summed E-state index contributed by atoms with van der Waals surface area (Å²) in [5.74, 6) is 0.836. The van der Waals surface area contributed by atoms with E-state index in [1.165, 1.54) is 11.9 Å². The number of carbonyl (C=O) groups is 1. The summed E-state index contributed by atoms with van der Waals surface area (Å²) in [4.78, 5) is 26.7.